The predicted molar refractivity (Wildman–Crippen MR) is 119 cm³/mol. The van der Waals surface area contributed by atoms with Crippen LogP contribution in [0.2, 0.25) is 0 Å². The summed E-state index contributed by atoms with van der Waals surface area (Å²) in [7, 11) is 3.28. The topological polar surface area (TPSA) is 85.3 Å². The van der Waals surface area contributed by atoms with Crippen LogP contribution in [0.3, 0.4) is 0 Å². The molecule has 0 spiro atoms. The van der Waals surface area contributed by atoms with Gasteiger partial charge in [0.1, 0.15) is 11.5 Å². The largest absolute Gasteiger partial charge is 0.497 e. The van der Waals surface area contributed by atoms with Crippen molar-refractivity contribution in [2.24, 2.45) is 5.92 Å². The van der Waals surface area contributed by atoms with Crippen molar-refractivity contribution >= 4 is 10.9 Å². The number of hydrogen-bond donors (Lipinski definition) is 2. The Morgan fingerprint density at radius 2 is 2.00 bits per heavy atom. The molecule has 1 aliphatic carbocycles. The molecule has 3 atom stereocenters. The van der Waals surface area contributed by atoms with Crippen LogP contribution in [-0.2, 0) is 13.0 Å². The average molecular weight is 421 g/mol. The third-order valence-electron chi connectivity index (χ3n) is 6.95. The Balaban J connectivity index is 1.43. The lowest BCUT2D eigenvalue weighted by Gasteiger charge is -2.32. The molecule has 7 heteroatoms. The minimum atomic E-state index is -0.383. The highest BCUT2D eigenvalue weighted by Crippen LogP contribution is 2.45. The summed E-state index contributed by atoms with van der Waals surface area (Å²) >= 11 is 0. The van der Waals surface area contributed by atoms with E-state index < -0.39 is 0 Å². The van der Waals surface area contributed by atoms with Gasteiger partial charge in [-0.05, 0) is 61.1 Å². The lowest BCUT2D eigenvalue weighted by Crippen LogP contribution is -2.38. The Morgan fingerprint density at radius 1 is 1.13 bits per heavy atom. The molecule has 0 saturated carbocycles. The number of aromatic amines is 1. The number of fused-ring (bicyclic) bond motifs is 4. The molecule has 1 saturated heterocycles. The highest BCUT2D eigenvalue weighted by molar-refractivity contribution is 5.78. The molecule has 162 valence electrons. The van der Waals surface area contributed by atoms with E-state index in [1.54, 1.807) is 32.4 Å². The summed E-state index contributed by atoms with van der Waals surface area (Å²) in [6, 6.07) is 11.6. The fourth-order valence-corrected chi connectivity index (χ4v) is 5.43. The maximum Gasteiger partial charge on any atom is 0.328 e. The third-order valence-corrected chi connectivity index (χ3v) is 6.95. The summed E-state index contributed by atoms with van der Waals surface area (Å²) < 4.78 is 12.1. The molecule has 2 aromatic carbocycles. The number of rotatable bonds is 5. The minimum absolute atomic E-state index is 0.217. The van der Waals surface area contributed by atoms with Gasteiger partial charge in [-0.25, -0.2) is 4.79 Å². The molecule has 0 radical (unpaired) electrons. The lowest BCUT2D eigenvalue weighted by molar-refractivity contribution is 0.371. The Labute approximate surface area is 180 Å². The maximum absolute atomic E-state index is 13.0. The number of H-pyrrole nitrogens is 1. The van der Waals surface area contributed by atoms with Crippen molar-refractivity contribution < 1.29 is 9.47 Å². The summed E-state index contributed by atoms with van der Waals surface area (Å²) in [4.78, 5) is 28.5. The number of nitrogens with zero attached hydrogens (tertiary/aromatic N) is 1. The van der Waals surface area contributed by atoms with Crippen molar-refractivity contribution in [2.75, 3.05) is 20.8 Å². The van der Waals surface area contributed by atoms with Crippen molar-refractivity contribution in [3.8, 4) is 11.5 Å². The molecule has 2 N–H and O–H groups in total. The first-order valence-corrected chi connectivity index (χ1v) is 10.8. The molecule has 1 aliphatic heterocycles. The van der Waals surface area contributed by atoms with Gasteiger partial charge in [0.15, 0.2) is 0 Å². The molecular formula is C24H27N3O4. The van der Waals surface area contributed by atoms with Gasteiger partial charge in [-0.2, -0.15) is 0 Å². The van der Waals surface area contributed by atoms with Gasteiger partial charge >= 0.3 is 5.69 Å². The van der Waals surface area contributed by atoms with Gasteiger partial charge in [0, 0.05) is 24.6 Å². The number of ether oxygens (including phenoxy) is 2. The Bertz CT molecular complexity index is 1250. The average Bonchev–Trinajstić information content (AvgIpc) is 3.21. The van der Waals surface area contributed by atoms with Gasteiger partial charge in [-0.15, -0.1) is 0 Å². The van der Waals surface area contributed by atoms with Crippen molar-refractivity contribution in [3.63, 3.8) is 0 Å². The third kappa shape index (κ3) is 3.33. The Hall–Kier alpha value is -3.06. The summed E-state index contributed by atoms with van der Waals surface area (Å²) in [6.07, 6.45) is 2.87. The molecule has 0 bridgehead atoms. The van der Waals surface area contributed by atoms with E-state index in [1.807, 2.05) is 6.07 Å². The molecule has 0 amide bonds. The summed E-state index contributed by atoms with van der Waals surface area (Å²) in [5.41, 5.74) is 2.50. The van der Waals surface area contributed by atoms with Crippen LogP contribution in [0.15, 0.2) is 46.0 Å². The molecule has 5 rings (SSSR count). The first-order valence-electron chi connectivity index (χ1n) is 10.8. The summed E-state index contributed by atoms with van der Waals surface area (Å²) in [6.45, 7) is 1.34. The van der Waals surface area contributed by atoms with E-state index in [0.717, 1.165) is 25.1 Å². The zero-order chi connectivity index (χ0) is 21.5. The van der Waals surface area contributed by atoms with Gasteiger partial charge < -0.3 is 19.8 Å². The molecule has 3 aromatic rings. The molecule has 2 heterocycles. The van der Waals surface area contributed by atoms with Crippen molar-refractivity contribution in [1.29, 1.82) is 0 Å². The van der Waals surface area contributed by atoms with Crippen molar-refractivity contribution in [1.82, 2.24) is 14.9 Å². The fourth-order valence-electron chi connectivity index (χ4n) is 5.43. The van der Waals surface area contributed by atoms with E-state index in [0.29, 0.717) is 41.5 Å². The number of nitrogens with one attached hydrogen (secondary N) is 2. The van der Waals surface area contributed by atoms with Crippen LogP contribution in [0.4, 0.5) is 0 Å². The molecule has 2 aliphatic rings. The first kappa shape index (κ1) is 19.9. The quantitative estimate of drug-likeness (QED) is 0.661. The standard InChI is InChI=1S/C24H27N3O4/c1-30-15-7-9-18-20(12-15)26-24(29)27(23(18)28)11-10-19-22-14(13-25-19)6-8-16-17(22)4-3-5-21(16)31-2/h3-5,7,9,12,14,19,22,25H,6,8,10-11,13H2,1-2H3,(H,26,29). The van der Waals surface area contributed by atoms with Crippen molar-refractivity contribution in [3.05, 3.63) is 68.4 Å². The van der Waals surface area contributed by atoms with Gasteiger partial charge in [-0.1, -0.05) is 12.1 Å². The number of methoxy groups -OCH3 is 2. The number of aromatic nitrogens is 2. The van der Waals surface area contributed by atoms with Crippen LogP contribution in [0, 0.1) is 5.92 Å². The molecule has 1 aromatic heterocycles. The monoisotopic (exact) mass is 421 g/mol. The fraction of sp³-hybridized carbons (Fsp3) is 0.417. The van der Waals surface area contributed by atoms with E-state index in [4.69, 9.17) is 9.47 Å². The van der Waals surface area contributed by atoms with Crippen LogP contribution >= 0.6 is 0 Å². The maximum atomic E-state index is 13.0. The number of hydrogen-bond acceptors (Lipinski definition) is 5. The second-order valence-electron chi connectivity index (χ2n) is 8.45. The Morgan fingerprint density at radius 3 is 2.81 bits per heavy atom. The van der Waals surface area contributed by atoms with E-state index in [-0.39, 0.29) is 17.3 Å². The van der Waals surface area contributed by atoms with Gasteiger partial charge in [-0.3, -0.25) is 9.36 Å². The van der Waals surface area contributed by atoms with Crippen LogP contribution in [0.1, 0.15) is 29.9 Å². The lowest BCUT2D eigenvalue weighted by atomic mass is 9.73. The summed E-state index contributed by atoms with van der Waals surface area (Å²) in [5.74, 6) is 2.51. The normalized spacial score (nSPS) is 22.2. The van der Waals surface area contributed by atoms with Crippen LogP contribution in [0.25, 0.3) is 10.9 Å². The molecule has 3 unspecified atom stereocenters. The van der Waals surface area contributed by atoms with Crippen LogP contribution < -0.4 is 26.0 Å². The molecule has 7 nitrogen and oxygen atoms in total. The van der Waals surface area contributed by atoms with Gasteiger partial charge in [0.25, 0.3) is 5.56 Å². The second kappa shape index (κ2) is 7.89. The molecular weight excluding hydrogens is 394 g/mol. The first-order chi connectivity index (χ1) is 15.1. The molecule has 31 heavy (non-hydrogen) atoms. The van der Waals surface area contributed by atoms with E-state index in [2.05, 4.69) is 22.4 Å². The SMILES string of the molecule is COc1ccc2c(=O)n(CCC3NCC4CCc5c(OC)cccc5C43)c(=O)[nH]c2c1. The second-order valence-corrected chi connectivity index (χ2v) is 8.45. The summed E-state index contributed by atoms with van der Waals surface area (Å²) in [5, 5.41) is 4.14. The smallest absolute Gasteiger partial charge is 0.328 e. The minimum Gasteiger partial charge on any atom is -0.497 e. The van der Waals surface area contributed by atoms with Crippen LogP contribution in [-0.4, -0.2) is 36.4 Å². The Kier molecular flexibility index (Phi) is 5.06. The zero-order valence-electron chi connectivity index (χ0n) is 17.8. The van der Waals surface area contributed by atoms with E-state index in [1.165, 1.54) is 15.7 Å². The highest BCUT2D eigenvalue weighted by atomic mass is 16.5. The van der Waals surface area contributed by atoms with Crippen LogP contribution in [0.5, 0.6) is 11.5 Å². The van der Waals surface area contributed by atoms with Crippen molar-refractivity contribution in [2.45, 2.75) is 37.8 Å². The molecule has 1 fully saturated rings. The zero-order valence-corrected chi connectivity index (χ0v) is 17.8. The van der Waals surface area contributed by atoms with E-state index >= 15 is 0 Å². The number of benzene rings is 2. The predicted octanol–water partition coefficient (Wildman–Crippen LogP) is 2.42. The van der Waals surface area contributed by atoms with Gasteiger partial charge in [0.2, 0.25) is 0 Å². The highest BCUT2D eigenvalue weighted by Gasteiger charge is 2.40. The van der Waals surface area contributed by atoms with Gasteiger partial charge in [0.05, 0.1) is 25.1 Å². The van der Waals surface area contributed by atoms with E-state index in [9.17, 15) is 9.59 Å².